The van der Waals surface area contributed by atoms with Crippen LogP contribution in [-0.4, -0.2) is 48.3 Å². The minimum atomic E-state index is -0.625. The summed E-state index contributed by atoms with van der Waals surface area (Å²) in [6.45, 7) is 4.06. The zero-order valence-electron chi connectivity index (χ0n) is 22.1. The number of nitrogen functional groups attached to an aromatic ring is 1. The van der Waals surface area contributed by atoms with E-state index >= 15 is 0 Å². The van der Waals surface area contributed by atoms with Gasteiger partial charge in [0.25, 0.3) is 0 Å². The summed E-state index contributed by atoms with van der Waals surface area (Å²) in [4.78, 5) is 42.4. The molecule has 1 aliphatic heterocycles. The fraction of sp³-hybridized carbons (Fsp3) is 0.233. The topological polar surface area (TPSA) is 119 Å². The van der Waals surface area contributed by atoms with Crippen molar-refractivity contribution in [1.29, 1.82) is 0 Å². The average molecular weight is 599 g/mol. The van der Waals surface area contributed by atoms with Gasteiger partial charge in [-0.3, -0.25) is 9.59 Å². The van der Waals surface area contributed by atoms with Crippen LogP contribution in [0.1, 0.15) is 20.3 Å². The average Bonchev–Trinajstić information content (AvgIpc) is 3.43. The second-order valence-electron chi connectivity index (χ2n) is 10.2. The van der Waals surface area contributed by atoms with Crippen molar-refractivity contribution in [3.05, 3.63) is 77.7 Å². The molecule has 0 unspecified atom stereocenters. The van der Waals surface area contributed by atoms with Crippen LogP contribution in [0, 0.1) is 5.92 Å². The van der Waals surface area contributed by atoms with Crippen molar-refractivity contribution in [1.82, 2.24) is 24.4 Å². The minimum Gasteiger partial charge on any atom is -0.383 e. The molecule has 5 aromatic rings. The van der Waals surface area contributed by atoms with Gasteiger partial charge in [0, 0.05) is 17.0 Å². The number of para-hydroxylation sites is 1. The molecule has 1 saturated heterocycles. The van der Waals surface area contributed by atoms with Crippen LogP contribution in [0.15, 0.2) is 77.7 Å². The number of fused-ring (bicyclic) bond motifs is 3. The van der Waals surface area contributed by atoms with Crippen LogP contribution in [-0.2, 0) is 16.1 Å². The van der Waals surface area contributed by atoms with Crippen molar-refractivity contribution in [2.75, 3.05) is 11.1 Å². The Balaban J connectivity index is 1.42. The number of carbonyl (C=O) groups excluding carboxylic acids is 2. The number of anilines is 2. The van der Waals surface area contributed by atoms with E-state index in [0.717, 1.165) is 22.0 Å². The summed E-state index contributed by atoms with van der Waals surface area (Å²) in [5, 5.41) is 4.47. The smallest absolute Gasteiger partial charge is 0.248 e. The van der Waals surface area contributed by atoms with Crippen molar-refractivity contribution in [3.8, 4) is 11.1 Å². The Morgan fingerprint density at radius 2 is 1.80 bits per heavy atom. The van der Waals surface area contributed by atoms with E-state index in [4.69, 9.17) is 5.73 Å². The molecule has 2 amide bonds. The highest BCUT2D eigenvalue weighted by Gasteiger charge is 2.43. The fourth-order valence-electron chi connectivity index (χ4n) is 5.76. The van der Waals surface area contributed by atoms with Crippen LogP contribution in [0.4, 0.5) is 11.6 Å². The molecule has 4 heterocycles. The summed E-state index contributed by atoms with van der Waals surface area (Å²) in [5.41, 5.74) is 9.75. The second-order valence-corrected chi connectivity index (χ2v) is 11.0. The summed E-state index contributed by atoms with van der Waals surface area (Å²) < 4.78 is 2.53. The summed E-state index contributed by atoms with van der Waals surface area (Å²) in [7, 11) is 0. The van der Waals surface area contributed by atoms with E-state index in [2.05, 4.69) is 43.1 Å². The van der Waals surface area contributed by atoms with E-state index in [1.807, 2.05) is 60.0 Å². The molecular weight excluding hydrogens is 570 g/mol. The van der Waals surface area contributed by atoms with E-state index in [-0.39, 0.29) is 30.3 Å². The maximum absolute atomic E-state index is 14.1. The highest BCUT2D eigenvalue weighted by atomic mass is 79.9. The SMILES string of the molecule is C[C@@H]1C[C@@H](C(=O)Nc2cccc(Br)n2)N(C(=O)Cn2c3ncnc(N)c3c3cccc(-c4ccccc4)c32)[C@@H]1C. The summed E-state index contributed by atoms with van der Waals surface area (Å²) in [6.07, 6.45) is 1.98. The number of likely N-dealkylation sites (tertiary alicyclic amines) is 1. The number of nitrogens with zero attached hydrogens (tertiary/aromatic N) is 5. The third-order valence-electron chi connectivity index (χ3n) is 7.82. The largest absolute Gasteiger partial charge is 0.383 e. The fourth-order valence-corrected chi connectivity index (χ4v) is 6.10. The van der Waals surface area contributed by atoms with Gasteiger partial charge in [0.2, 0.25) is 11.8 Å². The van der Waals surface area contributed by atoms with E-state index < -0.39 is 6.04 Å². The number of hydrogen-bond acceptors (Lipinski definition) is 6. The predicted octanol–water partition coefficient (Wildman–Crippen LogP) is 5.26. The van der Waals surface area contributed by atoms with Gasteiger partial charge in [-0.2, -0.15) is 0 Å². The normalized spacial score (nSPS) is 18.9. The zero-order valence-corrected chi connectivity index (χ0v) is 23.7. The molecule has 0 spiro atoms. The highest BCUT2D eigenvalue weighted by molar-refractivity contribution is 9.10. The van der Waals surface area contributed by atoms with Crippen LogP contribution in [0.3, 0.4) is 0 Å². The number of carbonyl (C=O) groups is 2. The summed E-state index contributed by atoms with van der Waals surface area (Å²) in [5.74, 6) is 0.507. The molecule has 0 bridgehead atoms. The van der Waals surface area contributed by atoms with Gasteiger partial charge in [-0.05, 0) is 52.9 Å². The summed E-state index contributed by atoms with van der Waals surface area (Å²) in [6, 6.07) is 20.6. The van der Waals surface area contributed by atoms with Gasteiger partial charge >= 0.3 is 0 Å². The van der Waals surface area contributed by atoms with Gasteiger partial charge in [0.1, 0.15) is 40.8 Å². The van der Waals surface area contributed by atoms with Crippen LogP contribution in [0.5, 0.6) is 0 Å². The van der Waals surface area contributed by atoms with Crippen LogP contribution >= 0.6 is 15.9 Å². The Kier molecular flexibility index (Phi) is 6.71. The Labute approximate surface area is 239 Å². The quantitative estimate of drug-likeness (QED) is 0.267. The Bertz CT molecular complexity index is 1750. The number of amides is 2. The number of halogens is 1. The third kappa shape index (κ3) is 4.48. The van der Waals surface area contributed by atoms with Gasteiger partial charge in [0.05, 0.1) is 10.9 Å². The third-order valence-corrected chi connectivity index (χ3v) is 8.26. The Morgan fingerprint density at radius 1 is 1.02 bits per heavy atom. The first kappa shape index (κ1) is 25.9. The molecule has 40 heavy (non-hydrogen) atoms. The number of rotatable bonds is 5. The molecule has 9 nitrogen and oxygen atoms in total. The molecule has 202 valence electrons. The lowest BCUT2D eigenvalue weighted by Gasteiger charge is -2.29. The number of aromatic nitrogens is 4. The molecule has 0 saturated carbocycles. The number of hydrogen-bond donors (Lipinski definition) is 2. The highest BCUT2D eigenvalue weighted by Crippen LogP contribution is 2.38. The second kappa shape index (κ2) is 10.3. The molecular formula is C30H28BrN7O2. The molecule has 0 radical (unpaired) electrons. The minimum absolute atomic E-state index is 0.00370. The van der Waals surface area contributed by atoms with Crippen LogP contribution in [0.25, 0.3) is 33.1 Å². The van der Waals surface area contributed by atoms with Crippen molar-refractivity contribution in [3.63, 3.8) is 0 Å². The lowest BCUT2D eigenvalue weighted by molar-refractivity contribution is -0.139. The molecule has 1 fully saturated rings. The van der Waals surface area contributed by atoms with Crippen molar-refractivity contribution in [2.24, 2.45) is 5.92 Å². The maximum atomic E-state index is 14.1. The lowest BCUT2D eigenvalue weighted by Crippen LogP contribution is -2.47. The van der Waals surface area contributed by atoms with Gasteiger partial charge < -0.3 is 20.5 Å². The number of nitrogens with one attached hydrogen (secondary N) is 1. The molecule has 10 heteroatoms. The molecule has 2 aromatic carbocycles. The molecule has 3 aromatic heterocycles. The summed E-state index contributed by atoms with van der Waals surface area (Å²) >= 11 is 3.34. The standard InChI is InChI=1S/C30H28BrN7O2/c1-17-14-22(30(40)36-24-13-7-12-23(31)35-24)38(18(17)2)25(39)15-37-27-20(19-8-4-3-5-9-19)10-6-11-21(27)26-28(32)33-16-34-29(26)37/h3-13,16-18,22H,14-15H2,1-2H3,(H2,32,33,34)(H,35,36,40)/t17-,18-,22+/m1/s1. The first-order valence-corrected chi connectivity index (χ1v) is 13.9. The van der Waals surface area contributed by atoms with Crippen molar-refractivity contribution < 1.29 is 9.59 Å². The van der Waals surface area contributed by atoms with Crippen molar-refractivity contribution in [2.45, 2.75) is 38.9 Å². The Morgan fingerprint density at radius 3 is 2.58 bits per heavy atom. The zero-order chi connectivity index (χ0) is 28.0. The first-order valence-electron chi connectivity index (χ1n) is 13.1. The monoisotopic (exact) mass is 597 g/mol. The van der Waals surface area contributed by atoms with E-state index in [1.165, 1.54) is 6.33 Å². The van der Waals surface area contributed by atoms with Gasteiger partial charge in [-0.25, -0.2) is 15.0 Å². The van der Waals surface area contributed by atoms with E-state index in [1.54, 1.807) is 23.1 Å². The lowest BCUT2D eigenvalue weighted by atomic mass is 10.0. The number of pyridine rings is 1. The molecule has 6 rings (SSSR count). The molecule has 1 aliphatic rings. The predicted molar refractivity (Wildman–Crippen MR) is 159 cm³/mol. The van der Waals surface area contributed by atoms with Crippen molar-refractivity contribution >= 4 is 61.3 Å². The number of nitrogens with two attached hydrogens (primary N) is 1. The van der Waals surface area contributed by atoms with Crippen LogP contribution < -0.4 is 11.1 Å². The van der Waals surface area contributed by atoms with Gasteiger partial charge in [-0.1, -0.05) is 61.5 Å². The van der Waals surface area contributed by atoms with E-state index in [9.17, 15) is 9.59 Å². The molecule has 3 N–H and O–H groups in total. The first-order chi connectivity index (χ1) is 19.3. The maximum Gasteiger partial charge on any atom is 0.248 e. The van der Waals surface area contributed by atoms with E-state index in [0.29, 0.717) is 33.7 Å². The Hall–Kier alpha value is -4.31. The van der Waals surface area contributed by atoms with Crippen LogP contribution in [0.2, 0.25) is 0 Å². The number of benzene rings is 2. The molecule has 3 atom stereocenters. The van der Waals surface area contributed by atoms with Gasteiger partial charge in [0.15, 0.2) is 0 Å². The molecule has 0 aliphatic carbocycles. The van der Waals surface area contributed by atoms with Gasteiger partial charge in [-0.15, -0.1) is 0 Å².